The molecule has 1 aliphatic rings. The van der Waals surface area contributed by atoms with Gasteiger partial charge in [0.25, 0.3) is 0 Å². The molecule has 31 heavy (non-hydrogen) atoms. The van der Waals surface area contributed by atoms with Gasteiger partial charge in [0.05, 0.1) is 6.04 Å². The van der Waals surface area contributed by atoms with Crippen LogP contribution >= 0.6 is 15.8 Å². The molecular weight excluding hydrogens is 412 g/mol. The second-order valence-electron chi connectivity index (χ2n) is 12.8. The molecule has 0 aliphatic heterocycles. The van der Waals surface area contributed by atoms with Gasteiger partial charge in [0, 0.05) is 6.21 Å². The molecule has 0 fully saturated rings. The molecule has 0 N–H and O–H groups in total. The summed E-state index contributed by atoms with van der Waals surface area (Å²) in [6, 6.07) is 0.191. The highest BCUT2D eigenvalue weighted by atomic mass is 31.1. The van der Waals surface area contributed by atoms with E-state index >= 15 is 0 Å². The molecule has 1 aliphatic carbocycles. The van der Waals surface area contributed by atoms with E-state index in [1.54, 1.807) is 0 Å². The van der Waals surface area contributed by atoms with E-state index in [0.717, 1.165) is 12.8 Å². The number of nitrogens with zero attached hydrogens (tertiary/aromatic N) is 1. The highest BCUT2D eigenvalue weighted by Gasteiger charge is 2.34. The van der Waals surface area contributed by atoms with Crippen molar-refractivity contribution in [3.05, 3.63) is 36.0 Å². The molecule has 1 unspecified atom stereocenters. The highest BCUT2D eigenvalue weighted by Crippen LogP contribution is 2.60. The maximum absolute atomic E-state index is 4.98. The minimum absolute atomic E-state index is 0.0503. The van der Waals surface area contributed by atoms with Crippen molar-refractivity contribution in [3.8, 4) is 0 Å². The molecule has 1 nitrogen and oxygen atoms in total. The van der Waals surface area contributed by atoms with E-state index in [4.69, 9.17) is 4.99 Å². The van der Waals surface area contributed by atoms with Gasteiger partial charge in [0.2, 0.25) is 0 Å². The Bertz CT molecular complexity index is 642. The van der Waals surface area contributed by atoms with E-state index in [1.807, 2.05) is 0 Å². The standard InChI is InChI=1S/C28H51NP2/c1-25(2,3)30(26(4,5)6)21-15-18-23-17-13-14-19-24(23)29-20-16-22-31(27(7,8)9)28(10,11)12/h13-14,17-20,24H,15-16,21-22H2,1-12H3. The average molecular weight is 464 g/mol. The lowest BCUT2D eigenvalue weighted by Gasteiger charge is -2.41. The Labute approximate surface area is 197 Å². The van der Waals surface area contributed by atoms with Gasteiger partial charge < -0.3 is 0 Å². The fourth-order valence-electron chi connectivity index (χ4n) is 4.96. The third-order valence-corrected chi connectivity index (χ3v) is 13.6. The quantitative estimate of drug-likeness (QED) is 0.263. The molecule has 3 heteroatoms. The van der Waals surface area contributed by atoms with E-state index in [2.05, 4.69) is 120 Å². The first kappa shape index (κ1) is 28.8. The van der Waals surface area contributed by atoms with Crippen molar-refractivity contribution in [2.75, 3.05) is 12.3 Å². The zero-order valence-electron chi connectivity index (χ0n) is 22.7. The van der Waals surface area contributed by atoms with Crippen molar-refractivity contribution in [2.45, 2.75) is 123 Å². The van der Waals surface area contributed by atoms with Crippen molar-refractivity contribution in [1.82, 2.24) is 0 Å². The summed E-state index contributed by atoms with van der Waals surface area (Å²) in [5.74, 6) is 0. The van der Waals surface area contributed by atoms with Gasteiger partial charge in [-0.2, -0.15) is 0 Å². The van der Waals surface area contributed by atoms with Gasteiger partial charge in [0.1, 0.15) is 0 Å². The zero-order chi connectivity index (χ0) is 24.1. The number of aliphatic imine (C=N–C) groups is 1. The largest absolute Gasteiger partial charge is 0.285 e. The fraction of sp³-hybridized carbons (Fsp3) is 0.750. The van der Waals surface area contributed by atoms with Crippen LogP contribution < -0.4 is 0 Å². The monoisotopic (exact) mass is 463 g/mol. The van der Waals surface area contributed by atoms with Gasteiger partial charge in [-0.15, -0.1) is 0 Å². The molecule has 0 saturated carbocycles. The maximum atomic E-state index is 4.98. The molecule has 0 bridgehead atoms. The van der Waals surface area contributed by atoms with Crippen LogP contribution in [-0.4, -0.2) is 45.2 Å². The summed E-state index contributed by atoms with van der Waals surface area (Å²) in [6.45, 7) is 28.9. The fourth-order valence-corrected chi connectivity index (χ4v) is 12.4. The molecule has 0 saturated heterocycles. The van der Waals surface area contributed by atoms with Crippen molar-refractivity contribution >= 4 is 22.1 Å². The molecule has 0 aromatic carbocycles. The van der Waals surface area contributed by atoms with Crippen molar-refractivity contribution in [1.29, 1.82) is 0 Å². The molecule has 1 atom stereocenters. The number of hydrogen-bond acceptors (Lipinski definition) is 1. The topological polar surface area (TPSA) is 12.4 Å². The first-order valence-electron chi connectivity index (χ1n) is 12.1. The van der Waals surface area contributed by atoms with Crippen LogP contribution in [0.3, 0.4) is 0 Å². The summed E-state index contributed by atoms with van der Waals surface area (Å²) in [5.41, 5.74) is 1.37. The molecular formula is C28H51NP2. The number of rotatable bonds is 7. The molecule has 1 rings (SSSR count). The second-order valence-corrected chi connectivity index (χ2v) is 20.8. The van der Waals surface area contributed by atoms with Gasteiger partial charge in [0.15, 0.2) is 0 Å². The third-order valence-electron chi connectivity index (χ3n) is 5.75. The molecule has 0 amide bonds. The maximum Gasteiger partial charge on any atom is 0.0926 e. The summed E-state index contributed by atoms with van der Waals surface area (Å²) in [4.78, 5) is 4.98. The molecule has 0 aromatic rings. The van der Waals surface area contributed by atoms with Crippen LogP contribution in [0.5, 0.6) is 0 Å². The smallest absolute Gasteiger partial charge is 0.0926 e. The SMILES string of the molecule is CC(C)(C)P(CCC=NC1C=CC=CC1=CCCP(C(C)(C)C)C(C)(C)C)C(C)(C)C. The zero-order valence-corrected chi connectivity index (χ0v) is 24.5. The van der Waals surface area contributed by atoms with E-state index in [-0.39, 0.29) is 21.9 Å². The predicted molar refractivity (Wildman–Crippen MR) is 150 cm³/mol. The van der Waals surface area contributed by atoms with Crippen molar-refractivity contribution < 1.29 is 0 Å². The summed E-state index contributed by atoms with van der Waals surface area (Å²) in [7, 11) is -0.108. The lowest BCUT2D eigenvalue weighted by molar-refractivity contribution is 0.702. The Balaban J connectivity index is 2.78. The van der Waals surface area contributed by atoms with Crippen molar-refractivity contribution in [3.63, 3.8) is 0 Å². The van der Waals surface area contributed by atoms with Gasteiger partial charge in [-0.3, -0.25) is 4.99 Å². The predicted octanol–water partition coefficient (Wildman–Crippen LogP) is 9.42. The summed E-state index contributed by atoms with van der Waals surface area (Å²) in [5, 5.41) is 1.56. The van der Waals surface area contributed by atoms with E-state index in [1.165, 1.54) is 17.9 Å². The summed E-state index contributed by atoms with van der Waals surface area (Å²) in [6.07, 6.45) is 18.3. The van der Waals surface area contributed by atoms with Crippen LogP contribution in [0.15, 0.2) is 40.9 Å². The van der Waals surface area contributed by atoms with Gasteiger partial charge in [-0.1, -0.05) is 129 Å². The Morgan fingerprint density at radius 2 is 1.16 bits per heavy atom. The molecule has 0 aromatic heterocycles. The second kappa shape index (κ2) is 11.3. The molecule has 0 heterocycles. The van der Waals surface area contributed by atoms with E-state index in [0.29, 0.717) is 20.6 Å². The molecule has 0 spiro atoms. The van der Waals surface area contributed by atoms with Crippen LogP contribution in [0, 0.1) is 0 Å². The van der Waals surface area contributed by atoms with Gasteiger partial charge in [-0.05, 0) is 51.4 Å². The van der Waals surface area contributed by atoms with Crippen LogP contribution in [0.25, 0.3) is 0 Å². The molecule has 178 valence electrons. The lowest BCUT2D eigenvalue weighted by atomic mass is 10.0. The first-order valence-corrected chi connectivity index (χ1v) is 15.1. The Morgan fingerprint density at radius 1 is 0.710 bits per heavy atom. The average Bonchev–Trinajstić information content (AvgIpc) is 2.54. The van der Waals surface area contributed by atoms with Crippen molar-refractivity contribution in [2.24, 2.45) is 4.99 Å². The Morgan fingerprint density at radius 3 is 1.61 bits per heavy atom. The third kappa shape index (κ3) is 10.0. The first-order chi connectivity index (χ1) is 13.9. The summed E-state index contributed by atoms with van der Waals surface area (Å²) >= 11 is 0. The van der Waals surface area contributed by atoms with Crippen LogP contribution in [0.1, 0.15) is 95.9 Å². The molecule has 0 radical (unpaired) electrons. The minimum Gasteiger partial charge on any atom is -0.285 e. The highest BCUT2D eigenvalue weighted by molar-refractivity contribution is 7.61. The Hall–Kier alpha value is -0.250. The van der Waals surface area contributed by atoms with E-state index < -0.39 is 0 Å². The van der Waals surface area contributed by atoms with Gasteiger partial charge >= 0.3 is 0 Å². The van der Waals surface area contributed by atoms with Crippen LogP contribution in [0.4, 0.5) is 0 Å². The minimum atomic E-state index is -0.0577. The van der Waals surface area contributed by atoms with E-state index in [9.17, 15) is 0 Å². The number of allylic oxidation sites excluding steroid dienone is 3. The van der Waals surface area contributed by atoms with Crippen LogP contribution in [0.2, 0.25) is 0 Å². The summed E-state index contributed by atoms with van der Waals surface area (Å²) < 4.78 is 0. The van der Waals surface area contributed by atoms with Gasteiger partial charge in [-0.25, -0.2) is 0 Å². The normalized spacial score (nSPS) is 20.1. The number of hydrogen-bond donors (Lipinski definition) is 0. The Kier molecular flexibility index (Phi) is 10.4. The van der Waals surface area contributed by atoms with Crippen LogP contribution in [-0.2, 0) is 0 Å². The lowest BCUT2D eigenvalue weighted by Crippen LogP contribution is -2.26.